The van der Waals surface area contributed by atoms with Gasteiger partial charge in [-0.25, -0.2) is 4.90 Å². The highest BCUT2D eigenvalue weighted by Gasteiger charge is 2.29. The average Bonchev–Trinajstić information content (AvgIpc) is 2.93. The molecule has 21 heavy (non-hydrogen) atoms. The van der Waals surface area contributed by atoms with Crippen LogP contribution in [-0.4, -0.2) is 33.9 Å². The number of aromatic nitrogens is 2. The molecule has 0 fully saturated rings. The third-order valence-electron chi connectivity index (χ3n) is 2.66. The summed E-state index contributed by atoms with van der Waals surface area (Å²) in [6, 6.07) is 0. The minimum atomic E-state index is -0.426. The van der Waals surface area contributed by atoms with Gasteiger partial charge in [0.2, 0.25) is 11.8 Å². The minimum Gasteiger partial charge on any atom is -0.350 e. The second-order valence-corrected chi connectivity index (χ2v) is 5.59. The van der Waals surface area contributed by atoms with Crippen LogP contribution >= 0.6 is 11.5 Å². The third kappa shape index (κ3) is 4.32. The van der Waals surface area contributed by atoms with Crippen LogP contribution in [0.5, 0.6) is 0 Å². The summed E-state index contributed by atoms with van der Waals surface area (Å²) in [5.74, 6) is -0.878. The molecule has 0 radical (unpaired) electrons. The SMILES string of the molecule is CCC(=O)N(C(=O)CC)c1snnc1C(=O)NCC(C)C. The van der Waals surface area contributed by atoms with Crippen molar-refractivity contribution in [3.63, 3.8) is 0 Å². The van der Waals surface area contributed by atoms with Gasteiger partial charge in [-0.1, -0.05) is 32.2 Å². The van der Waals surface area contributed by atoms with E-state index in [1.54, 1.807) is 13.8 Å². The van der Waals surface area contributed by atoms with E-state index >= 15 is 0 Å². The van der Waals surface area contributed by atoms with Crippen molar-refractivity contribution in [1.29, 1.82) is 0 Å². The van der Waals surface area contributed by atoms with Gasteiger partial charge in [0.1, 0.15) is 0 Å². The molecule has 1 aromatic heterocycles. The summed E-state index contributed by atoms with van der Waals surface area (Å²) in [7, 11) is 0. The number of hydrogen-bond acceptors (Lipinski definition) is 6. The number of nitrogens with zero attached hydrogens (tertiary/aromatic N) is 3. The van der Waals surface area contributed by atoms with Gasteiger partial charge in [-0.05, 0) is 5.92 Å². The van der Waals surface area contributed by atoms with Gasteiger partial charge in [-0.15, -0.1) is 5.10 Å². The molecule has 1 aromatic rings. The number of amides is 3. The molecule has 0 bridgehead atoms. The Hall–Kier alpha value is -1.83. The van der Waals surface area contributed by atoms with Crippen LogP contribution in [0.3, 0.4) is 0 Å². The molecule has 3 amide bonds. The Labute approximate surface area is 127 Å². The molecule has 1 rings (SSSR count). The Morgan fingerprint density at radius 1 is 1.19 bits per heavy atom. The first kappa shape index (κ1) is 17.2. The van der Waals surface area contributed by atoms with E-state index in [9.17, 15) is 14.4 Å². The number of anilines is 1. The largest absolute Gasteiger partial charge is 0.350 e. The highest BCUT2D eigenvalue weighted by atomic mass is 32.1. The first-order valence-corrected chi connectivity index (χ1v) is 7.65. The summed E-state index contributed by atoms with van der Waals surface area (Å²) < 4.78 is 3.71. The van der Waals surface area contributed by atoms with E-state index in [2.05, 4.69) is 14.9 Å². The topological polar surface area (TPSA) is 92.3 Å². The molecule has 0 aliphatic rings. The van der Waals surface area contributed by atoms with Gasteiger partial charge < -0.3 is 5.32 Å². The quantitative estimate of drug-likeness (QED) is 0.861. The molecule has 0 saturated heterocycles. The lowest BCUT2D eigenvalue weighted by molar-refractivity contribution is -0.126. The van der Waals surface area contributed by atoms with Gasteiger partial charge in [0.25, 0.3) is 5.91 Å². The molecule has 0 spiro atoms. The van der Waals surface area contributed by atoms with Crippen LogP contribution in [0.25, 0.3) is 0 Å². The van der Waals surface area contributed by atoms with Crippen LogP contribution < -0.4 is 10.2 Å². The van der Waals surface area contributed by atoms with Crippen LogP contribution in [0, 0.1) is 5.92 Å². The standard InChI is InChI=1S/C13H20N4O3S/c1-5-9(18)17(10(19)6-2)13-11(15-16-21-13)12(20)14-7-8(3)4/h8H,5-7H2,1-4H3,(H,14,20). The number of carbonyl (C=O) groups excluding carboxylic acids is 3. The van der Waals surface area contributed by atoms with Crippen molar-refractivity contribution in [3.05, 3.63) is 5.69 Å². The normalized spacial score (nSPS) is 10.5. The van der Waals surface area contributed by atoms with Crippen LogP contribution in [0.2, 0.25) is 0 Å². The summed E-state index contributed by atoms with van der Waals surface area (Å²) in [4.78, 5) is 37.1. The van der Waals surface area contributed by atoms with Crippen molar-refractivity contribution >= 4 is 34.3 Å². The van der Waals surface area contributed by atoms with Crippen LogP contribution in [0.1, 0.15) is 51.0 Å². The maximum atomic E-state index is 12.1. The second kappa shape index (κ2) is 7.82. The molecule has 0 atom stereocenters. The molecular weight excluding hydrogens is 292 g/mol. The molecule has 7 nitrogen and oxygen atoms in total. The number of nitrogens with one attached hydrogen (secondary N) is 1. The van der Waals surface area contributed by atoms with Crippen LogP contribution in [-0.2, 0) is 9.59 Å². The summed E-state index contributed by atoms with van der Waals surface area (Å²) in [5.41, 5.74) is 0.0178. The molecule has 1 N–H and O–H groups in total. The first-order valence-electron chi connectivity index (χ1n) is 6.88. The van der Waals surface area contributed by atoms with Crippen molar-refractivity contribution in [3.8, 4) is 0 Å². The fraction of sp³-hybridized carbons (Fsp3) is 0.615. The predicted octanol–water partition coefficient (Wildman–Crippen LogP) is 1.60. The zero-order valence-electron chi connectivity index (χ0n) is 12.7. The first-order chi connectivity index (χ1) is 9.92. The maximum absolute atomic E-state index is 12.1. The fourth-order valence-corrected chi connectivity index (χ4v) is 2.24. The van der Waals surface area contributed by atoms with E-state index in [0.717, 1.165) is 16.4 Å². The van der Waals surface area contributed by atoms with E-state index in [-0.39, 0.29) is 41.3 Å². The van der Waals surface area contributed by atoms with Gasteiger partial charge >= 0.3 is 0 Å². The van der Waals surface area contributed by atoms with Crippen molar-refractivity contribution < 1.29 is 14.4 Å². The average molecular weight is 312 g/mol. The zero-order chi connectivity index (χ0) is 16.0. The van der Waals surface area contributed by atoms with Gasteiger partial charge in [-0.3, -0.25) is 14.4 Å². The number of rotatable bonds is 6. The fourth-order valence-electron chi connectivity index (χ4n) is 1.54. The van der Waals surface area contributed by atoms with E-state index < -0.39 is 5.91 Å². The van der Waals surface area contributed by atoms with Gasteiger partial charge in [-0.2, -0.15) is 0 Å². The van der Waals surface area contributed by atoms with Crippen LogP contribution in [0.15, 0.2) is 0 Å². The van der Waals surface area contributed by atoms with E-state index in [0.29, 0.717) is 6.54 Å². The summed E-state index contributed by atoms with van der Waals surface area (Å²) in [6.45, 7) is 7.73. The molecule has 8 heteroatoms. The summed E-state index contributed by atoms with van der Waals surface area (Å²) >= 11 is 0.870. The van der Waals surface area contributed by atoms with E-state index in [1.807, 2.05) is 13.8 Å². The second-order valence-electron chi connectivity index (χ2n) is 4.86. The molecule has 0 aromatic carbocycles. The summed E-state index contributed by atoms with van der Waals surface area (Å²) in [6.07, 6.45) is 0.327. The van der Waals surface area contributed by atoms with Gasteiger partial charge in [0, 0.05) is 30.9 Å². The minimum absolute atomic E-state index is 0.0178. The van der Waals surface area contributed by atoms with Crippen molar-refractivity contribution in [1.82, 2.24) is 14.9 Å². The Bertz CT molecular complexity index is 511. The Balaban J connectivity index is 3.06. The van der Waals surface area contributed by atoms with Crippen LogP contribution in [0.4, 0.5) is 5.00 Å². The van der Waals surface area contributed by atoms with Gasteiger partial charge in [0.15, 0.2) is 10.7 Å². The Morgan fingerprint density at radius 3 is 2.24 bits per heavy atom. The number of imide groups is 1. The van der Waals surface area contributed by atoms with E-state index in [1.165, 1.54) is 0 Å². The molecule has 0 saturated carbocycles. The highest BCUT2D eigenvalue weighted by molar-refractivity contribution is 7.10. The van der Waals surface area contributed by atoms with E-state index in [4.69, 9.17) is 0 Å². The molecule has 116 valence electrons. The lowest BCUT2D eigenvalue weighted by Crippen LogP contribution is -2.37. The van der Waals surface area contributed by atoms with Gasteiger partial charge in [0.05, 0.1) is 0 Å². The highest BCUT2D eigenvalue weighted by Crippen LogP contribution is 2.25. The van der Waals surface area contributed by atoms with Crippen molar-refractivity contribution in [2.75, 3.05) is 11.4 Å². The third-order valence-corrected chi connectivity index (χ3v) is 3.38. The Morgan fingerprint density at radius 2 is 1.76 bits per heavy atom. The monoisotopic (exact) mass is 312 g/mol. The summed E-state index contributed by atoms with van der Waals surface area (Å²) in [5, 5.41) is 6.66. The Kier molecular flexibility index (Phi) is 6.41. The lowest BCUT2D eigenvalue weighted by Gasteiger charge is -2.18. The van der Waals surface area contributed by atoms with Crippen molar-refractivity contribution in [2.24, 2.45) is 5.92 Å². The predicted molar refractivity (Wildman–Crippen MR) is 80.2 cm³/mol. The molecule has 0 aliphatic heterocycles. The lowest BCUT2D eigenvalue weighted by atomic mass is 10.2. The number of hydrogen-bond donors (Lipinski definition) is 1. The molecule has 0 unspecified atom stereocenters. The molecule has 1 heterocycles. The smallest absolute Gasteiger partial charge is 0.274 e. The van der Waals surface area contributed by atoms with Crippen molar-refractivity contribution in [2.45, 2.75) is 40.5 Å². The maximum Gasteiger partial charge on any atom is 0.274 e. The molecule has 0 aliphatic carbocycles. The molecular formula is C13H20N4O3S. The number of carbonyl (C=O) groups is 3. The zero-order valence-corrected chi connectivity index (χ0v) is 13.5.